The van der Waals surface area contributed by atoms with Gasteiger partial charge in [-0.05, 0) is 64.1 Å². The lowest BCUT2D eigenvalue weighted by Crippen LogP contribution is -2.37. The molecule has 1 N–H and O–H groups in total. The summed E-state index contributed by atoms with van der Waals surface area (Å²) in [6.45, 7) is 11.9. The lowest BCUT2D eigenvalue weighted by atomic mass is 10.2. The molecule has 2 atom stereocenters. The second-order valence-electron chi connectivity index (χ2n) is 7.75. The van der Waals surface area contributed by atoms with Crippen molar-refractivity contribution in [2.24, 2.45) is 0 Å². The Morgan fingerprint density at radius 2 is 1.54 bits per heavy atom. The third-order valence-corrected chi connectivity index (χ3v) is 6.54. The molecular formula is C20H32IN5O2. The predicted molar refractivity (Wildman–Crippen MR) is 119 cm³/mol. The molecule has 2 aliphatic rings. The van der Waals surface area contributed by atoms with Crippen LogP contribution in [0.25, 0.3) is 0 Å². The minimum atomic E-state index is -0.958. The van der Waals surface area contributed by atoms with Crippen molar-refractivity contribution in [1.82, 2.24) is 22.8 Å². The van der Waals surface area contributed by atoms with Crippen molar-refractivity contribution < 1.29 is 9.90 Å². The van der Waals surface area contributed by atoms with Crippen molar-refractivity contribution in [1.29, 1.82) is 0 Å². The third kappa shape index (κ3) is 7.22. The quantitative estimate of drug-likeness (QED) is 0.503. The highest BCUT2D eigenvalue weighted by molar-refractivity contribution is 14.1. The number of aromatic nitrogens is 1. The Balaban J connectivity index is 1.67. The molecule has 1 aromatic heterocycles. The summed E-state index contributed by atoms with van der Waals surface area (Å²) in [7, 11) is 0. The van der Waals surface area contributed by atoms with Gasteiger partial charge in [-0.2, -0.15) is 0 Å². The first-order valence-corrected chi connectivity index (χ1v) is 11.3. The first-order valence-electron chi connectivity index (χ1n) is 10.4. The number of rotatable bonds is 3. The minimum Gasteiger partial charge on any atom is -0.477 e. The molecule has 2 saturated heterocycles. The Hall–Kier alpha value is -0.810. The standard InChI is InChI=1S/C20H32IN5O2/c21-26-12-4-10-23-7-2-8-24(15-16-26)9-3-11-25(14-13-23)17-18-5-1-6-19(22-18)20(27)28/h1,5-6H,2-4,7-17H2,(H,27,28). The molecule has 28 heavy (non-hydrogen) atoms. The summed E-state index contributed by atoms with van der Waals surface area (Å²) in [6.07, 6.45) is 3.59. The zero-order valence-corrected chi connectivity index (χ0v) is 18.8. The SMILES string of the molecule is O=C(O)c1cccc(CN2CCCN3CCCN(CCCN(I)CC3)CC2)n1. The number of carboxylic acid groups (broad SMARTS) is 1. The van der Waals surface area contributed by atoms with Crippen molar-refractivity contribution in [3.63, 3.8) is 0 Å². The summed E-state index contributed by atoms with van der Waals surface area (Å²) in [4.78, 5) is 23.2. The number of aromatic carboxylic acids is 1. The summed E-state index contributed by atoms with van der Waals surface area (Å²) in [6, 6.07) is 5.30. The fraction of sp³-hybridized carbons (Fsp3) is 0.700. The van der Waals surface area contributed by atoms with Crippen LogP contribution >= 0.6 is 22.9 Å². The number of hydrogen-bond donors (Lipinski definition) is 1. The van der Waals surface area contributed by atoms with E-state index in [1.165, 1.54) is 25.9 Å². The van der Waals surface area contributed by atoms with Crippen molar-refractivity contribution in [2.45, 2.75) is 25.8 Å². The average Bonchev–Trinajstić information content (AvgIpc) is 2.74. The number of carboxylic acids is 1. The molecule has 3 rings (SSSR count). The van der Waals surface area contributed by atoms with Crippen LogP contribution < -0.4 is 0 Å². The molecule has 8 heteroatoms. The minimum absolute atomic E-state index is 0.133. The second-order valence-corrected chi connectivity index (χ2v) is 9.11. The first kappa shape index (κ1) is 21.9. The fourth-order valence-corrected chi connectivity index (χ4v) is 4.56. The highest BCUT2D eigenvalue weighted by Gasteiger charge is 2.17. The van der Waals surface area contributed by atoms with Crippen LogP contribution in [0.15, 0.2) is 18.2 Å². The molecule has 0 saturated carbocycles. The maximum Gasteiger partial charge on any atom is 0.354 e. The number of pyridine rings is 1. The number of halogens is 1. The van der Waals surface area contributed by atoms with Gasteiger partial charge >= 0.3 is 5.97 Å². The van der Waals surface area contributed by atoms with Crippen LogP contribution in [0, 0.1) is 0 Å². The maximum absolute atomic E-state index is 11.2. The van der Waals surface area contributed by atoms with Crippen molar-refractivity contribution in [2.75, 3.05) is 65.4 Å². The van der Waals surface area contributed by atoms with Crippen LogP contribution in [-0.4, -0.2) is 99.3 Å². The van der Waals surface area contributed by atoms with E-state index in [4.69, 9.17) is 0 Å². The van der Waals surface area contributed by atoms with Gasteiger partial charge in [0.05, 0.1) is 5.69 Å². The normalized spacial score (nSPS) is 26.5. The largest absolute Gasteiger partial charge is 0.477 e. The molecule has 3 heterocycles. The van der Waals surface area contributed by atoms with Gasteiger partial charge in [0.1, 0.15) is 5.69 Å². The van der Waals surface area contributed by atoms with Gasteiger partial charge < -0.3 is 14.9 Å². The Labute approximate surface area is 182 Å². The summed E-state index contributed by atoms with van der Waals surface area (Å²) in [5, 5.41) is 9.20. The van der Waals surface area contributed by atoms with E-state index in [-0.39, 0.29) is 5.69 Å². The van der Waals surface area contributed by atoms with Gasteiger partial charge in [0, 0.05) is 62.1 Å². The van der Waals surface area contributed by atoms with Gasteiger partial charge in [-0.1, -0.05) is 6.07 Å². The zero-order chi connectivity index (χ0) is 19.8. The van der Waals surface area contributed by atoms with E-state index in [0.717, 1.165) is 71.0 Å². The molecule has 0 spiro atoms. The van der Waals surface area contributed by atoms with Crippen LogP contribution in [0.2, 0.25) is 0 Å². The highest BCUT2D eigenvalue weighted by atomic mass is 127. The smallest absolute Gasteiger partial charge is 0.354 e. The van der Waals surface area contributed by atoms with Crippen LogP contribution in [-0.2, 0) is 6.54 Å². The van der Waals surface area contributed by atoms with Crippen LogP contribution in [0.1, 0.15) is 35.4 Å². The lowest BCUT2D eigenvalue weighted by Gasteiger charge is -2.28. The summed E-state index contributed by atoms with van der Waals surface area (Å²) >= 11 is 2.48. The van der Waals surface area contributed by atoms with E-state index in [2.05, 4.69) is 45.7 Å². The van der Waals surface area contributed by atoms with Crippen LogP contribution in [0.3, 0.4) is 0 Å². The fourth-order valence-electron chi connectivity index (χ4n) is 4.00. The third-order valence-electron chi connectivity index (χ3n) is 5.58. The number of carbonyl (C=O) groups is 1. The van der Waals surface area contributed by atoms with Crippen molar-refractivity contribution in [3.8, 4) is 0 Å². The van der Waals surface area contributed by atoms with Gasteiger partial charge in [0.25, 0.3) is 0 Å². The Bertz CT molecular complexity index is 632. The maximum atomic E-state index is 11.2. The zero-order valence-electron chi connectivity index (χ0n) is 16.6. The molecule has 2 bridgehead atoms. The van der Waals surface area contributed by atoms with Gasteiger partial charge in [-0.15, -0.1) is 0 Å². The molecular weight excluding hydrogens is 469 g/mol. The second kappa shape index (κ2) is 11.4. The van der Waals surface area contributed by atoms with Crippen LogP contribution in [0.5, 0.6) is 0 Å². The monoisotopic (exact) mass is 501 g/mol. The summed E-state index contributed by atoms with van der Waals surface area (Å²) in [5.74, 6) is -0.958. The van der Waals surface area contributed by atoms with Gasteiger partial charge in [-0.3, -0.25) is 4.90 Å². The summed E-state index contributed by atoms with van der Waals surface area (Å²) in [5.41, 5.74) is 0.980. The van der Waals surface area contributed by atoms with Gasteiger partial charge in [-0.25, -0.2) is 12.9 Å². The number of hydrogen-bond acceptors (Lipinski definition) is 6. The first-order chi connectivity index (χ1) is 13.6. The average molecular weight is 501 g/mol. The topological polar surface area (TPSA) is 63.2 Å². The van der Waals surface area contributed by atoms with Crippen molar-refractivity contribution >= 4 is 28.8 Å². The Morgan fingerprint density at radius 3 is 2.25 bits per heavy atom. The number of nitrogens with zero attached hydrogens (tertiary/aromatic N) is 5. The molecule has 2 aliphatic heterocycles. The summed E-state index contributed by atoms with van der Waals surface area (Å²) < 4.78 is 2.44. The molecule has 0 radical (unpaired) electrons. The molecule has 7 nitrogen and oxygen atoms in total. The molecule has 2 unspecified atom stereocenters. The van der Waals surface area contributed by atoms with E-state index in [1.54, 1.807) is 12.1 Å². The van der Waals surface area contributed by atoms with Crippen molar-refractivity contribution in [3.05, 3.63) is 29.6 Å². The van der Waals surface area contributed by atoms with Crippen LogP contribution in [0.4, 0.5) is 0 Å². The van der Waals surface area contributed by atoms with E-state index < -0.39 is 5.97 Å². The molecule has 0 aliphatic carbocycles. The number of fused-ring (bicyclic) bond motifs is 4. The molecule has 1 aromatic rings. The molecule has 0 aromatic carbocycles. The molecule has 156 valence electrons. The predicted octanol–water partition coefficient (Wildman–Crippen LogP) is 2.04. The Kier molecular flexibility index (Phi) is 8.91. The molecule has 0 amide bonds. The lowest BCUT2D eigenvalue weighted by molar-refractivity contribution is 0.0690. The van der Waals surface area contributed by atoms with Gasteiger partial charge in [0.2, 0.25) is 0 Å². The van der Waals surface area contributed by atoms with Gasteiger partial charge in [0.15, 0.2) is 0 Å². The van der Waals surface area contributed by atoms with E-state index in [9.17, 15) is 9.90 Å². The van der Waals surface area contributed by atoms with E-state index in [1.807, 2.05) is 6.07 Å². The van der Waals surface area contributed by atoms with E-state index in [0.29, 0.717) is 0 Å². The van der Waals surface area contributed by atoms with E-state index >= 15 is 0 Å². The molecule has 2 fully saturated rings. The Morgan fingerprint density at radius 1 is 0.893 bits per heavy atom. The highest BCUT2D eigenvalue weighted by Crippen LogP contribution is 2.11.